The number of carboxylic acid groups (broad SMARTS) is 1. The summed E-state index contributed by atoms with van der Waals surface area (Å²) in [5.74, 6) is 0.514. The summed E-state index contributed by atoms with van der Waals surface area (Å²) in [5, 5.41) is 9.27. The maximum atomic E-state index is 11.3. The van der Waals surface area contributed by atoms with Crippen LogP contribution in [0.5, 0.6) is 11.5 Å². The molecule has 21 heavy (non-hydrogen) atoms. The molecule has 0 saturated carbocycles. The molecule has 0 spiro atoms. The maximum Gasteiger partial charge on any atom is 0.348 e. The highest BCUT2D eigenvalue weighted by Gasteiger charge is 2.24. The molecule has 0 saturated heterocycles. The highest BCUT2D eigenvalue weighted by atomic mass is 32.1. The fourth-order valence-electron chi connectivity index (χ4n) is 2.44. The summed E-state index contributed by atoms with van der Waals surface area (Å²) < 4.78 is 10.7. The van der Waals surface area contributed by atoms with Gasteiger partial charge in [-0.05, 0) is 35.2 Å². The molecule has 0 atom stereocenters. The second-order valence-corrected chi connectivity index (χ2v) is 6.14. The van der Waals surface area contributed by atoms with Crippen molar-refractivity contribution in [3.05, 3.63) is 28.6 Å². The molecule has 1 aliphatic heterocycles. The number of nitrogen functional groups attached to an aromatic ring is 1. The number of hydrogen-bond acceptors (Lipinski definition) is 5. The Kier molecular flexibility index (Phi) is 3.25. The van der Waals surface area contributed by atoms with E-state index in [0.29, 0.717) is 17.2 Å². The van der Waals surface area contributed by atoms with E-state index in [9.17, 15) is 9.90 Å². The maximum absolute atomic E-state index is 11.3. The van der Waals surface area contributed by atoms with Crippen LogP contribution < -0.4 is 15.2 Å². The summed E-state index contributed by atoms with van der Waals surface area (Å²) in [4.78, 5) is 12.4. The van der Waals surface area contributed by atoms with Crippen LogP contribution in [0.3, 0.4) is 0 Å². The second-order valence-electron chi connectivity index (χ2n) is 5.12. The van der Waals surface area contributed by atoms with Crippen LogP contribution >= 0.6 is 11.3 Å². The number of carbonyl (C=O) groups is 1. The summed E-state index contributed by atoms with van der Waals surface area (Å²) in [6, 6.07) is 5.60. The molecule has 1 aromatic carbocycles. The lowest BCUT2D eigenvalue weighted by Gasteiger charge is -2.09. The number of thiophene rings is 1. The van der Waals surface area contributed by atoms with Gasteiger partial charge in [0.25, 0.3) is 0 Å². The van der Waals surface area contributed by atoms with E-state index >= 15 is 0 Å². The Morgan fingerprint density at radius 2 is 2.05 bits per heavy atom. The first-order chi connectivity index (χ1) is 9.99. The van der Waals surface area contributed by atoms with Crippen LogP contribution in [0, 0.1) is 0 Å². The van der Waals surface area contributed by atoms with Crippen LogP contribution in [0.15, 0.2) is 18.2 Å². The zero-order valence-electron chi connectivity index (χ0n) is 11.7. The predicted molar refractivity (Wildman–Crippen MR) is 81.3 cm³/mol. The van der Waals surface area contributed by atoms with Gasteiger partial charge in [-0.25, -0.2) is 4.79 Å². The van der Waals surface area contributed by atoms with E-state index in [2.05, 4.69) is 0 Å². The van der Waals surface area contributed by atoms with Crippen molar-refractivity contribution in [2.75, 3.05) is 12.5 Å². The zero-order chi connectivity index (χ0) is 15.1. The van der Waals surface area contributed by atoms with E-state index in [1.165, 1.54) is 11.3 Å². The number of aromatic carboxylic acids is 1. The molecule has 0 fully saturated rings. The second kappa shape index (κ2) is 4.96. The van der Waals surface area contributed by atoms with Crippen LogP contribution in [0.25, 0.3) is 10.4 Å². The topological polar surface area (TPSA) is 81.8 Å². The standard InChI is InChI=1S/C15H15NO4S/c1-7(2)11-12(16)14(15(17)18)21-13(11)8-3-4-9-10(5-8)20-6-19-9/h3-5,7H,6,16H2,1-2H3,(H,17,18). The first-order valence-corrected chi connectivity index (χ1v) is 7.36. The average Bonchev–Trinajstić information content (AvgIpc) is 3.01. The largest absolute Gasteiger partial charge is 0.477 e. The zero-order valence-corrected chi connectivity index (χ0v) is 12.5. The van der Waals surface area contributed by atoms with Crippen molar-refractivity contribution in [3.8, 4) is 21.9 Å². The first kappa shape index (κ1) is 13.8. The normalized spacial score (nSPS) is 12.9. The quantitative estimate of drug-likeness (QED) is 0.906. The molecule has 6 heteroatoms. The molecule has 5 nitrogen and oxygen atoms in total. The number of benzene rings is 1. The molecular weight excluding hydrogens is 290 g/mol. The van der Waals surface area contributed by atoms with E-state index in [1.807, 2.05) is 32.0 Å². The number of rotatable bonds is 3. The van der Waals surface area contributed by atoms with Gasteiger partial charge in [-0.2, -0.15) is 0 Å². The lowest BCUT2D eigenvalue weighted by molar-refractivity contribution is 0.0703. The molecule has 3 rings (SSSR count). The molecule has 0 amide bonds. The van der Waals surface area contributed by atoms with Crippen LogP contribution in [-0.2, 0) is 0 Å². The highest BCUT2D eigenvalue weighted by molar-refractivity contribution is 7.18. The Balaban J connectivity index is 2.17. The van der Waals surface area contributed by atoms with Gasteiger partial charge in [0.2, 0.25) is 6.79 Å². The van der Waals surface area contributed by atoms with Gasteiger partial charge in [-0.3, -0.25) is 0 Å². The molecule has 0 unspecified atom stereocenters. The van der Waals surface area contributed by atoms with E-state index in [1.54, 1.807) is 0 Å². The molecule has 3 N–H and O–H groups in total. The summed E-state index contributed by atoms with van der Waals surface area (Å²) in [6.45, 7) is 4.21. The molecule has 2 aromatic rings. The number of ether oxygens (including phenoxy) is 2. The van der Waals surface area contributed by atoms with Gasteiger partial charge in [0.1, 0.15) is 4.88 Å². The minimum atomic E-state index is -0.994. The van der Waals surface area contributed by atoms with Crippen molar-refractivity contribution in [1.82, 2.24) is 0 Å². The summed E-state index contributed by atoms with van der Waals surface area (Å²) in [5.41, 5.74) is 8.15. The van der Waals surface area contributed by atoms with Crippen molar-refractivity contribution in [1.29, 1.82) is 0 Å². The van der Waals surface area contributed by atoms with E-state index in [0.717, 1.165) is 16.0 Å². The minimum absolute atomic E-state index is 0.134. The molecule has 0 radical (unpaired) electrons. The van der Waals surface area contributed by atoms with E-state index in [4.69, 9.17) is 15.2 Å². The average molecular weight is 305 g/mol. The van der Waals surface area contributed by atoms with Crippen molar-refractivity contribution in [2.24, 2.45) is 0 Å². The fourth-order valence-corrected chi connectivity index (χ4v) is 3.65. The Hall–Kier alpha value is -2.21. The number of hydrogen-bond donors (Lipinski definition) is 2. The smallest absolute Gasteiger partial charge is 0.348 e. The number of anilines is 1. The van der Waals surface area contributed by atoms with Crippen LogP contribution in [0.4, 0.5) is 5.69 Å². The highest BCUT2D eigenvalue weighted by Crippen LogP contribution is 2.45. The van der Waals surface area contributed by atoms with Gasteiger partial charge in [0.15, 0.2) is 11.5 Å². The van der Waals surface area contributed by atoms with Crippen LogP contribution in [0.1, 0.15) is 35.0 Å². The molecule has 0 aliphatic carbocycles. The van der Waals surface area contributed by atoms with Gasteiger partial charge in [-0.1, -0.05) is 13.8 Å². The minimum Gasteiger partial charge on any atom is -0.477 e. The third kappa shape index (κ3) is 2.21. The lowest BCUT2D eigenvalue weighted by Crippen LogP contribution is -2.00. The predicted octanol–water partition coefficient (Wildman–Crippen LogP) is 3.55. The summed E-state index contributed by atoms with van der Waals surface area (Å²) in [7, 11) is 0. The lowest BCUT2D eigenvalue weighted by atomic mass is 9.98. The molecular formula is C15H15NO4S. The van der Waals surface area contributed by atoms with Gasteiger partial charge in [0, 0.05) is 4.88 Å². The number of carboxylic acids is 1. The number of nitrogens with two attached hydrogens (primary N) is 1. The SMILES string of the molecule is CC(C)c1c(-c2ccc3c(c2)OCO3)sc(C(=O)O)c1N. The van der Waals surface area contributed by atoms with Gasteiger partial charge in [0.05, 0.1) is 5.69 Å². The van der Waals surface area contributed by atoms with Crippen molar-refractivity contribution < 1.29 is 19.4 Å². The van der Waals surface area contributed by atoms with Gasteiger partial charge in [-0.15, -0.1) is 11.3 Å². The van der Waals surface area contributed by atoms with Gasteiger partial charge < -0.3 is 20.3 Å². The molecule has 0 bridgehead atoms. The Bertz CT molecular complexity index is 721. The molecule has 1 aromatic heterocycles. The van der Waals surface area contributed by atoms with Gasteiger partial charge >= 0.3 is 5.97 Å². The fraction of sp³-hybridized carbons (Fsp3) is 0.267. The first-order valence-electron chi connectivity index (χ1n) is 6.54. The Morgan fingerprint density at radius 1 is 1.33 bits per heavy atom. The van der Waals surface area contributed by atoms with E-state index in [-0.39, 0.29) is 17.6 Å². The monoisotopic (exact) mass is 305 g/mol. The van der Waals surface area contributed by atoms with Crippen molar-refractivity contribution in [2.45, 2.75) is 19.8 Å². The third-order valence-electron chi connectivity index (χ3n) is 3.39. The third-order valence-corrected chi connectivity index (χ3v) is 4.65. The Labute approximate surface area is 125 Å². The summed E-state index contributed by atoms with van der Waals surface area (Å²) >= 11 is 1.20. The molecule has 1 aliphatic rings. The van der Waals surface area contributed by atoms with E-state index < -0.39 is 5.97 Å². The summed E-state index contributed by atoms with van der Waals surface area (Å²) in [6.07, 6.45) is 0. The number of fused-ring (bicyclic) bond motifs is 1. The van der Waals surface area contributed by atoms with Crippen LogP contribution in [-0.4, -0.2) is 17.9 Å². The van der Waals surface area contributed by atoms with Crippen LogP contribution in [0.2, 0.25) is 0 Å². The van der Waals surface area contributed by atoms with Crippen molar-refractivity contribution >= 4 is 23.0 Å². The molecule has 2 heterocycles. The molecule has 110 valence electrons. The van der Waals surface area contributed by atoms with Crippen molar-refractivity contribution in [3.63, 3.8) is 0 Å². The Morgan fingerprint density at radius 3 is 2.71 bits per heavy atom.